The summed E-state index contributed by atoms with van der Waals surface area (Å²) in [6.45, 7) is 0.973. The molecule has 0 spiro atoms. The number of aromatic amines is 1. The van der Waals surface area contributed by atoms with E-state index >= 15 is 0 Å². The Morgan fingerprint density at radius 2 is 1.88 bits per heavy atom. The first-order valence-electron chi connectivity index (χ1n) is 8.17. The normalized spacial score (nSPS) is 17.8. The SMILES string of the molecule is c1ccc2[nH]c(C3CCCN3c3ccc4nccnc4n3)nc2c1. The Bertz CT molecular complexity index is 991. The van der Waals surface area contributed by atoms with Gasteiger partial charge in [0, 0.05) is 18.9 Å². The fourth-order valence-corrected chi connectivity index (χ4v) is 3.46. The number of pyridine rings is 1. The monoisotopic (exact) mass is 316 g/mol. The molecule has 1 aliphatic rings. The zero-order valence-corrected chi connectivity index (χ0v) is 13.1. The van der Waals surface area contributed by atoms with E-state index in [0.717, 1.165) is 47.6 Å². The number of para-hydroxylation sites is 2. The Hall–Kier alpha value is -3.02. The first-order chi connectivity index (χ1) is 11.9. The Kier molecular flexibility index (Phi) is 2.94. The van der Waals surface area contributed by atoms with Crippen LogP contribution in [0.5, 0.6) is 0 Å². The molecule has 1 atom stereocenters. The van der Waals surface area contributed by atoms with Gasteiger partial charge >= 0.3 is 0 Å². The molecular weight excluding hydrogens is 300 g/mol. The molecule has 0 amide bonds. The van der Waals surface area contributed by atoms with E-state index in [4.69, 9.17) is 9.97 Å². The largest absolute Gasteiger partial charge is 0.346 e. The first-order valence-corrected chi connectivity index (χ1v) is 8.17. The summed E-state index contributed by atoms with van der Waals surface area (Å²) in [7, 11) is 0. The molecule has 0 bridgehead atoms. The molecule has 0 aliphatic carbocycles. The Morgan fingerprint density at radius 1 is 0.958 bits per heavy atom. The molecule has 6 heteroatoms. The predicted molar refractivity (Wildman–Crippen MR) is 92.7 cm³/mol. The van der Waals surface area contributed by atoms with Crippen molar-refractivity contribution in [2.24, 2.45) is 0 Å². The highest BCUT2D eigenvalue weighted by molar-refractivity contribution is 5.75. The van der Waals surface area contributed by atoms with Crippen LogP contribution >= 0.6 is 0 Å². The maximum Gasteiger partial charge on any atom is 0.180 e. The summed E-state index contributed by atoms with van der Waals surface area (Å²) >= 11 is 0. The summed E-state index contributed by atoms with van der Waals surface area (Å²) in [6, 6.07) is 12.4. The number of hydrogen-bond acceptors (Lipinski definition) is 5. The molecule has 5 rings (SSSR count). The average Bonchev–Trinajstić information content (AvgIpc) is 3.27. The number of nitrogens with zero attached hydrogens (tertiary/aromatic N) is 5. The minimum Gasteiger partial charge on any atom is -0.346 e. The second-order valence-electron chi connectivity index (χ2n) is 6.06. The molecule has 1 unspecified atom stereocenters. The highest BCUT2D eigenvalue weighted by atomic mass is 15.3. The highest BCUT2D eigenvalue weighted by Crippen LogP contribution is 2.35. The second-order valence-corrected chi connectivity index (χ2v) is 6.06. The van der Waals surface area contributed by atoms with Gasteiger partial charge in [-0.3, -0.25) is 4.98 Å². The number of anilines is 1. The Morgan fingerprint density at radius 3 is 2.83 bits per heavy atom. The van der Waals surface area contributed by atoms with Crippen molar-refractivity contribution in [3.05, 3.63) is 54.6 Å². The molecule has 1 fully saturated rings. The number of H-pyrrole nitrogens is 1. The van der Waals surface area contributed by atoms with Crippen molar-refractivity contribution in [2.75, 3.05) is 11.4 Å². The van der Waals surface area contributed by atoms with Crippen molar-refractivity contribution in [1.29, 1.82) is 0 Å². The molecule has 118 valence electrons. The van der Waals surface area contributed by atoms with Crippen LogP contribution in [0.4, 0.5) is 5.82 Å². The van der Waals surface area contributed by atoms with Crippen LogP contribution < -0.4 is 4.90 Å². The third-order valence-corrected chi connectivity index (χ3v) is 4.59. The van der Waals surface area contributed by atoms with Crippen LogP contribution in [0.15, 0.2) is 48.8 Å². The zero-order valence-electron chi connectivity index (χ0n) is 13.1. The third kappa shape index (κ3) is 2.11. The lowest BCUT2D eigenvalue weighted by Crippen LogP contribution is -2.24. The van der Waals surface area contributed by atoms with Gasteiger partial charge in [0.05, 0.1) is 17.1 Å². The summed E-state index contributed by atoms with van der Waals surface area (Å²) in [5.74, 6) is 1.95. The van der Waals surface area contributed by atoms with Gasteiger partial charge in [-0.05, 0) is 37.1 Å². The summed E-state index contributed by atoms with van der Waals surface area (Å²) in [6.07, 6.45) is 5.57. The van der Waals surface area contributed by atoms with Crippen LogP contribution in [0.3, 0.4) is 0 Å². The molecule has 6 nitrogen and oxygen atoms in total. The van der Waals surface area contributed by atoms with Crippen molar-refractivity contribution in [3.63, 3.8) is 0 Å². The Labute approximate surface area is 138 Å². The third-order valence-electron chi connectivity index (χ3n) is 4.59. The van der Waals surface area contributed by atoms with Crippen molar-refractivity contribution in [1.82, 2.24) is 24.9 Å². The van der Waals surface area contributed by atoms with Gasteiger partial charge in [-0.1, -0.05) is 12.1 Å². The molecule has 4 aromatic rings. The zero-order chi connectivity index (χ0) is 15.9. The molecule has 1 aliphatic heterocycles. The predicted octanol–water partition coefficient (Wildman–Crippen LogP) is 3.24. The molecule has 1 saturated heterocycles. The number of imidazole rings is 1. The van der Waals surface area contributed by atoms with Gasteiger partial charge in [0.15, 0.2) is 5.65 Å². The van der Waals surface area contributed by atoms with E-state index in [1.807, 2.05) is 30.3 Å². The van der Waals surface area contributed by atoms with E-state index in [1.165, 1.54) is 0 Å². The molecule has 0 saturated carbocycles. The molecule has 24 heavy (non-hydrogen) atoms. The quantitative estimate of drug-likeness (QED) is 0.615. The van der Waals surface area contributed by atoms with Gasteiger partial charge < -0.3 is 9.88 Å². The summed E-state index contributed by atoms with van der Waals surface area (Å²) in [5.41, 5.74) is 3.60. The van der Waals surface area contributed by atoms with Crippen LogP contribution in [0.1, 0.15) is 24.7 Å². The van der Waals surface area contributed by atoms with E-state index in [2.05, 4.69) is 25.9 Å². The smallest absolute Gasteiger partial charge is 0.180 e. The number of aromatic nitrogens is 5. The molecule has 0 radical (unpaired) electrons. The van der Waals surface area contributed by atoms with E-state index in [0.29, 0.717) is 5.65 Å². The number of rotatable bonds is 2. The second kappa shape index (κ2) is 5.26. The molecule has 1 aromatic carbocycles. The highest BCUT2D eigenvalue weighted by Gasteiger charge is 2.29. The molecule has 4 heterocycles. The average molecular weight is 316 g/mol. The molecular formula is C18H16N6. The fourth-order valence-electron chi connectivity index (χ4n) is 3.46. The standard InChI is InChI=1S/C18H16N6/c1-2-5-13-12(4-1)21-18(22-13)15-6-3-11-24(15)16-8-7-14-17(23-16)20-10-9-19-14/h1-2,4-5,7-10,15H,3,6,11H2,(H,21,22). The number of benzene rings is 1. The number of hydrogen-bond donors (Lipinski definition) is 1. The summed E-state index contributed by atoms with van der Waals surface area (Å²) < 4.78 is 0. The molecule has 1 N–H and O–H groups in total. The lowest BCUT2D eigenvalue weighted by Gasteiger charge is -2.24. The maximum absolute atomic E-state index is 4.78. The van der Waals surface area contributed by atoms with Crippen molar-refractivity contribution in [3.8, 4) is 0 Å². The van der Waals surface area contributed by atoms with Gasteiger partial charge in [0.2, 0.25) is 0 Å². The minimum absolute atomic E-state index is 0.221. The van der Waals surface area contributed by atoms with Crippen molar-refractivity contribution >= 4 is 28.0 Å². The fraction of sp³-hybridized carbons (Fsp3) is 0.222. The van der Waals surface area contributed by atoms with Gasteiger partial charge in [0.25, 0.3) is 0 Å². The van der Waals surface area contributed by atoms with Gasteiger partial charge in [0.1, 0.15) is 17.2 Å². The Balaban J connectivity index is 1.56. The van der Waals surface area contributed by atoms with E-state index in [-0.39, 0.29) is 6.04 Å². The van der Waals surface area contributed by atoms with Gasteiger partial charge in [-0.25, -0.2) is 15.0 Å². The van der Waals surface area contributed by atoms with Crippen LogP contribution in [-0.2, 0) is 0 Å². The maximum atomic E-state index is 4.78. The van der Waals surface area contributed by atoms with E-state index in [1.54, 1.807) is 12.4 Å². The number of fused-ring (bicyclic) bond motifs is 2. The topological polar surface area (TPSA) is 70.6 Å². The summed E-state index contributed by atoms with van der Waals surface area (Å²) in [5, 5.41) is 0. The first kappa shape index (κ1) is 13.4. The van der Waals surface area contributed by atoms with Gasteiger partial charge in [-0.15, -0.1) is 0 Å². The van der Waals surface area contributed by atoms with Crippen LogP contribution in [0.25, 0.3) is 22.2 Å². The van der Waals surface area contributed by atoms with Crippen molar-refractivity contribution in [2.45, 2.75) is 18.9 Å². The van der Waals surface area contributed by atoms with Crippen LogP contribution in [0.2, 0.25) is 0 Å². The van der Waals surface area contributed by atoms with E-state index in [9.17, 15) is 0 Å². The van der Waals surface area contributed by atoms with Crippen LogP contribution in [-0.4, -0.2) is 31.5 Å². The van der Waals surface area contributed by atoms with E-state index < -0.39 is 0 Å². The summed E-state index contributed by atoms with van der Waals surface area (Å²) in [4.78, 5) is 23.9. The van der Waals surface area contributed by atoms with Crippen molar-refractivity contribution < 1.29 is 0 Å². The number of nitrogens with one attached hydrogen (secondary N) is 1. The lowest BCUT2D eigenvalue weighted by atomic mass is 10.2. The lowest BCUT2D eigenvalue weighted by molar-refractivity contribution is 0.673. The minimum atomic E-state index is 0.221. The van der Waals surface area contributed by atoms with Gasteiger partial charge in [-0.2, -0.15) is 0 Å². The van der Waals surface area contributed by atoms with Crippen LogP contribution in [0, 0.1) is 0 Å². The molecule has 3 aromatic heterocycles.